The number of nitrogens with zero attached hydrogens (tertiary/aromatic N) is 1. The highest BCUT2D eigenvalue weighted by Gasteiger charge is 2.51. The zero-order chi connectivity index (χ0) is 32.5. The standard InChI is InChI=1S/C32H30F4N2O7/c1-44-25-13-17(16-40)12-21-26-22(30(42)37-10-11-39)14-24(27(41)29(26)45-28(21)25)38(15-19-4-2-3-5-23(19)33)31(43)18-6-8-20(9-7-18)32(34,35)36/h2-9,12-14,24,26-27,29,39-41H,10-11,15-16H2,1H3,(H,37,42). The Bertz CT molecular complexity index is 1610. The minimum Gasteiger partial charge on any atom is -0.493 e. The van der Waals surface area contributed by atoms with Crippen LogP contribution in [-0.2, 0) is 24.1 Å². The van der Waals surface area contributed by atoms with Crippen LogP contribution in [0, 0.1) is 5.82 Å². The predicted octanol–water partition coefficient (Wildman–Crippen LogP) is 3.31. The molecule has 238 valence electrons. The van der Waals surface area contributed by atoms with E-state index in [2.05, 4.69) is 5.32 Å². The maximum atomic E-state index is 14.9. The quantitative estimate of drug-likeness (QED) is 0.267. The van der Waals surface area contributed by atoms with Crippen LogP contribution in [0.15, 0.2) is 72.3 Å². The Morgan fingerprint density at radius 1 is 1.07 bits per heavy atom. The molecule has 3 aromatic rings. The number of hydrogen-bond acceptors (Lipinski definition) is 7. The lowest BCUT2D eigenvalue weighted by Crippen LogP contribution is -2.55. The zero-order valence-corrected chi connectivity index (χ0v) is 23.9. The predicted molar refractivity (Wildman–Crippen MR) is 152 cm³/mol. The van der Waals surface area contributed by atoms with Crippen molar-refractivity contribution in [2.75, 3.05) is 20.3 Å². The van der Waals surface area contributed by atoms with E-state index in [1.807, 2.05) is 0 Å². The van der Waals surface area contributed by atoms with Crippen LogP contribution in [0.25, 0.3) is 0 Å². The van der Waals surface area contributed by atoms with Crippen LogP contribution in [0.2, 0.25) is 0 Å². The number of alkyl halides is 3. The molecule has 0 spiro atoms. The van der Waals surface area contributed by atoms with Crippen LogP contribution in [-0.4, -0.2) is 70.5 Å². The summed E-state index contributed by atoms with van der Waals surface area (Å²) in [6, 6.07) is 10.9. The number of methoxy groups -OCH3 is 1. The minimum absolute atomic E-state index is 0.0525. The lowest BCUT2D eigenvalue weighted by atomic mass is 9.77. The molecule has 4 unspecified atom stereocenters. The normalized spacial score (nSPS) is 20.4. The highest BCUT2D eigenvalue weighted by molar-refractivity contribution is 5.97. The van der Waals surface area contributed by atoms with Gasteiger partial charge in [-0.3, -0.25) is 9.59 Å². The Morgan fingerprint density at radius 2 is 1.78 bits per heavy atom. The fourth-order valence-corrected chi connectivity index (χ4v) is 5.71. The van der Waals surface area contributed by atoms with Gasteiger partial charge in [0.05, 0.1) is 37.8 Å². The van der Waals surface area contributed by atoms with Gasteiger partial charge in [-0.25, -0.2) is 4.39 Å². The van der Waals surface area contributed by atoms with Crippen molar-refractivity contribution in [1.29, 1.82) is 0 Å². The van der Waals surface area contributed by atoms with Crippen molar-refractivity contribution in [3.8, 4) is 11.5 Å². The van der Waals surface area contributed by atoms with E-state index in [1.165, 1.54) is 43.5 Å². The molecule has 4 N–H and O–H groups in total. The molecule has 0 fully saturated rings. The average Bonchev–Trinajstić information content (AvgIpc) is 3.42. The molecule has 0 aromatic heterocycles. The van der Waals surface area contributed by atoms with Crippen molar-refractivity contribution in [2.24, 2.45) is 0 Å². The molecular weight excluding hydrogens is 600 g/mol. The van der Waals surface area contributed by atoms with E-state index in [9.17, 15) is 42.5 Å². The number of carbonyl (C=O) groups excluding carboxylic acids is 2. The molecule has 0 radical (unpaired) electrons. The van der Waals surface area contributed by atoms with Crippen LogP contribution >= 0.6 is 0 Å². The van der Waals surface area contributed by atoms with Crippen molar-refractivity contribution < 1.29 is 51.9 Å². The molecule has 5 rings (SSSR count). The number of aliphatic hydroxyl groups excluding tert-OH is 3. The number of rotatable bonds is 9. The Kier molecular flexibility index (Phi) is 9.14. The molecule has 9 nitrogen and oxygen atoms in total. The third-order valence-electron chi connectivity index (χ3n) is 7.87. The van der Waals surface area contributed by atoms with E-state index in [1.54, 1.807) is 6.07 Å². The van der Waals surface area contributed by atoms with Crippen molar-refractivity contribution in [3.63, 3.8) is 0 Å². The van der Waals surface area contributed by atoms with Gasteiger partial charge in [0, 0.05) is 35.4 Å². The topological polar surface area (TPSA) is 129 Å². The second kappa shape index (κ2) is 12.9. The number of aliphatic hydroxyl groups is 3. The third kappa shape index (κ3) is 6.23. The molecule has 0 bridgehead atoms. The second-order valence-electron chi connectivity index (χ2n) is 10.6. The van der Waals surface area contributed by atoms with Gasteiger partial charge in [-0.2, -0.15) is 13.2 Å². The summed E-state index contributed by atoms with van der Waals surface area (Å²) in [5.74, 6) is -2.61. The fourth-order valence-electron chi connectivity index (χ4n) is 5.71. The van der Waals surface area contributed by atoms with Crippen LogP contribution in [0.3, 0.4) is 0 Å². The number of amides is 2. The van der Waals surface area contributed by atoms with Crippen LogP contribution in [0.5, 0.6) is 11.5 Å². The van der Waals surface area contributed by atoms with Crippen LogP contribution in [0.1, 0.15) is 38.5 Å². The maximum absolute atomic E-state index is 14.9. The molecule has 1 aliphatic carbocycles. The molecule has 13 heteroatoms. The van der Waals surface area contributed by atoms with Gasteiger partial charge in [0.25, 0.3) is 5.91 Å². The van der Waals surface area contributed by atoms with Crippen LogP contribution in [0.4, 0.5) is 17.6 Å². The van der Waals surface area contributed by atoms with Gasteiger partial charge >= 0.3 is 6.18 Å². The Hall–Kier alpha value is -4.46. The first-order chi connectivity index (χ1) is 21.5. The maximum Gasteiger partial charge on any atom is 0.416 e. The number of halogens is 4. The largest absolute Gasteiger partial charge is 0.493 e. The molecule has 4 atom stereocenters. The molecule has 1 heterocycles. The summed E-state index contributed by atoms with van der Waals surface area (Å²) in [5, 5.41) is 33.5. The number of benzene rings is 3. The van der Waals surface area contributed by atoms with Crippen molar-refractivity contribution in [3.05, 3.63) is 106 Å². The molecule has 0 saturated carbocycles. The lowest BCUT2D eigenvalue weighted by Gasteiger charge is -2.40. The smallest absolute Gasteiger partial charge is 0.416 e. The molecule has 2 aliphatic rings. The SMILES string of the molecule is COc1cc(CO)cc2c1OC1C2C(C(=O)NCCO)=CC(N(Cc2ccccc2F)C(=O)c2ccc(C(F)(F)F)cc2)C1O. The summed E-state index contributed by atoms with van der Waals surface area (Å²) in [6.07, 6.45) is -5.99. The third-order valence-corrected chi connectivity index (χ3v) is 7.87. The van der Waals surface area contributed by atoms with E-state index in [-0.39, 0.29) is 48.0 Å². The van der Waals surface area contributed by atoms with Crippen LogP contribution < -0.4 is 14.8 Å². The number of nitrogens with one attached hydrogen (secondary N) is 1. The van der Waals surface area contributed by atoms with Gasteiger partial charge in [0.2, 0.25) is 5.91 Å². The van der Waals surface area contributed by atoms with E-state index in [0.717, 1.165) is 29.2 Å². The van der Waals surface area contributed by atoms with E-state index >= 15 is 0 Å². The van der Waals surface area contributed by atoms with E-state index in [0.29, 0.717) is 11.1 Å². The number of carbonyl (C=O) groups is 2. The van der Waals surface area contributed by atoms with Gasteiger partial charge < -0.3 is 35.0 Å². The highest BCUT2D eigenvalue weighted by atomic mass is 19.4. The highest BCUT2D eigenvalue weighted by Crippen LogP contribution is 2.51. The average molecular weight is 631 g/mol. The van der Waals surface area contributed by atoms with Gasteiger partial charge in [-0.1, -0.05) is 18.2 Å². The van der Waals surface area contributed by atoms with Crippen molar-refractivity contribution >= 4 is 11.8 Å². The molecule has 2 amide bonds. The minimum atomic E-state index is -4.64. The number of hydrogen-bond donors (Lipinski definition) is 4. The van der Waals surface area contributed by atoms with Gasteiger partial charge in [0.15, 0.2) is 11.5 Å². The first kappa shape index (κ1) is 31.9. The zero-order valence-electron chi connectivity index (χ0n) is 23.9. The molecule has 0 saturated heterocycles. The number of ether oxygens (including phenoxy) is 2. The van der Waals surface area contributed by atoms with Gasteiger partial charge in [-0.15, -0.1) is 0 Å². The van der Waals surface area contributed by atoms with Gasteiger partial charge in [0.1, 0.15) is 18.0 Å². The van der Waals surface area contributed by atoms with Gasteiger partial charge in [-0.05, 0) is 54.1 Å². The summed E-state index contributed by atoms with van der Waals surface area (Å²) < 4.78 is 66.2. The first-order valence-corrected chi connectivity index (χ1v) is 14.0. The van der Waals surface area contributed by atoms with Crippen molar-refractivity contribution in [1.82, 2.24) is 10.2 Å². The summed E-state index contributed by atoms with van der Waals surface area (Å²) in [4.78, 5) is 28.5. The summed E-state index contributed by atoms with van der Waals surface area (Å²) >= 11 is 0. The van der Waals surface area contributed by atoms with E-state index in [4.69, 9.17) is 9.47 Å². The second-order valence-corrected chi connectivity index (χ2v) is 10.6. The molecular formula is C32H30F4N2O7. The Balaban J connectivity index is 1.63. The van der Waals surface area contributed by atoms with E-state index < -0.39 is 60.1 Å². The molecule has 3 aromatic carbocycles. The Labute approximate surface area is 255 Å². The lowest BCUT2D eigenvalue weighted by molar-refractivity contribution is -0.137. The summed E-state index contributed by atoms with van der Waals surface area (Å²) in [5.41, 5.74) is -0.161. The fraction of sp³-hybridized carbons (Fsp3) is 0.312. The summed E-state index contributed by atoms with van der Waals surface area (Å²) in [6.45, 7) is -1.27. The molecule has 1 aliphatic heterocycles. The summed E-state index contributed by atoms with van der Waals surface area (Å²) in [7, 11) is 1.38. The first-order valence-electron chi connectivity index (χ1n) is 14.0. The monoisotopic (exact) mass is 630 g/mol. The Morgan fingerprint density at radius 3 is 2.40 bits per heavy atom. The number of fused-ring (bicyclic) bond motifs is 3. The van der Waals surface area contributed by atoms with Crippen molar-refractivity contribution in [2.45, 2.75) is 43.5 Å². The molecule has 45 heavy (non-hydrogen) atoms.